The van der Waals surface area contributed by atoms with Gasteiger partial charge in [0.2, 0.25) is 0 Å². The third-order valence-corrected chi connectivity index (χ3v) is 8.11. The molecule has 0 N–H and O–H groups in total. The molecule has 0 radical (unpaired) electrons. The average molecular weight is 425 g/mol. The van der Waals surface area contributed by atoms with E-state index in [4.69, 9.17) is 16.1 Å². The summed E-state index contributed by atoms with van der Waals surface area (Å²) in [6, 6.07) is 6.85. The summed E-state index contributed by atoms with van der Waals surface area (Å²) in [6.45, 7) is 1.03. The number of aryl methyl sites for hydroxylation is 1. The van der Waals surface area contributed by atoms with Gasteiger partial charge in [0.25, 0.3) is 15.9 Å². The lowest BCUT2D eigenvalue weighted by molar-refractivity contribution is 0.413. The van der Waals surface area contributed by atoms with Crippen LogP contribution in [0.5, 0.6) is 0 Å². The number of aromatic nitrogens is 3. The second kappa shape index (κ2) is 7.67. The zero-order chi connectivity index (χ0) is 18.9. The highest BCUT2D eigenvalue weighted by atomic mass is 35.5. The summed E-state index contributed by atoms with van der Waals surface area (Å²) >= 11 is 6.97. The van der Waals surface area contributed by atoms with Crippen molar-refractivity contribution in [3.63, 3.8) is 0 Å². The molecule has 1 atom stereocenters. The molecule has 3 aromatic heterocycles. The number of hydrogen-bond donors (Lipinski definition) is 0. The number of hydrogen-bond acceptors (Lipinski definition) is 7. The lowest BCUT2D eigenvalue weighted by atomic mass is 10.0. The fraction of sp³-hybridized carbons (Fsp3) is 0.353. The number of halogens is 1. The van der Waals surface area contributed by atoms with Gasteiger partial charge in [0, 0.05) is 31.9 Å². The molecular weight excluding hydrogens is 408 g/mol. The molecule has 142 valence electrons. The maximum absolute atomic E-state index is 12.7. The molecule has 1 fully saturated rings. The van der Waals surface area contributed by atoms with Crippen molar-refractivity contribution < 1.29 is 12.9 Å². The molecule has 3 aromatic rings. The maximum atomic E-state index is 12.7. The van der Waals surface area contributed by atoms with Gasteiger partial charge in [-0.1, -0.05) is 16.8 Å². The summed E-state index contributed by atoms with van der Waals surface area (Å²) in [4.78, 5) is 8.44. The minimum Gasteiger partial charge on any atom is -0.334 e. The van der Waals surface area contributed by atoms with Gasteiger partial charge in [0.1, 0.15) is 4.21 Å². The van der Waals surface area contributed by atoms with E-state index < -0.39 is 10.0 Å². The molecule has 0 aliphatic carbocycles. The normalized spacial score (nSPS) is 18.2. The average Bonchev–Trinajstić information content (AvgIpc) is 3.41. The van der Waals surface area contributed by atoms with Gasteiger partial charge in [-0.05, 0) is 43.0 Å². The number of pyridine rings is 1. The van der Waals surface area contributed by atoms with Crippen LogP contribution in [0.3, 0.4) is 0 Å². The molecule has 4 heterocycles. The Balaban J connectivity index is 1.35. The smallest absolute Gasteiger partial charge is 0.259 e. The molecule has 4 rings (SSSR count). The quantitative estimate of drug-likeness (QED) is 0.601. The Morgan fingerprint density at radius 2 is 2.22 bits per heavy atom. The van der Waals surface area contributed by atoms with Crippen molar-refractivity contribution in [2.75, 3.05) is 13.1 Å². The second-order valence-corrected chi connectivity index (χ2v) is 10.3. The van der Waals surface area contributed by atoms with Crippen LogP contribution in [0.25, 0.3) is 11.5 Å². The highest BCUT2D eigenvalue weighted by molar-refractivity contribution is 7.91. The first-order valence-corrected chi connectivity index (χ1v) is 11.1. The Morgan fingerprint density at radius 3 is 2.96 bits per heavy atom. The molecule has 1 aliphatic heterocycles. The largest absolute Gasteiger partial charge is 0.334 e. The first-order chi connectivity index (χ1) is 13.0. The van der Waals surface area contributed by atoms with Crippen molar-refractivity contribution in [1.29, 1.82) is 0 Å². The van der Waals surface area contributed by atoms with Gasteiger partial charge in [0.05, 0.1) is 9.90 Å². The van der Waals surface area contributed by atoms with E-state index in [0.29, 0.717) is 39.8 Å². The third kappa shape index (κ3) is 4.06. The highest BCUT2D eigenvalue weighted by Gasteiger charge is 2.33. The van der Waals surface area contributed by atoms with Crippen LogP contribution in [-0.4, -0.2) is 40.9 Å². The summed E-state index contributed by atoms with van der Waals surface area (Å²) in [7, 11) is -3.45. The van der Waals surface area contributed by atoms with E-state index in [-0.39, 0.29) is 5.92 Å². The van der Waals surface area contributed by atoms with Crippen LogP contribution in [0, 0.1) is 5.92 Å². The van der Waals surface area contributed by atoms with Gasteiger partial charge >= 0.3 is 0 Å². The van der Waals surface area contributed by atoms with Crippen LogP contribution in [-0.2, 0) is 16.4 Å². The zero-order valence-corrected chi connectivity index (χ0v) is 16.7. The second-order valence-electron chi connectivity index (χ2n) is 6.37. The Kier molecular flexibility index (Phi) is 5.27. The standard InChI is InChI=1S/C17H17ClN4O3S2/c18-14-4-6-16(26-14)27(23,24)22-9-7-12(11-22)3-5-15-20-17(25-21-15)13-2-1-8-19-10-13/h1-2,4,6,8,10,12H,3,5,7,9,11H2. The van der Waals surface area contributed by atoms with Gasteiger partial charge in [-0.2, -0.15) is 9.29 Å². The molecular formula is C17H17ClN4O3S2. The fourth-order valence-corrected chi connectivity index (χ4v) is 6.28. The van der Waals surface area contributed by atoms with E-state index in [1.807, 2.05) is 12.1 Å². The van der Waals surface area contributed by atoms with Crippen LogP contribution in [0.2, 0.25) is 4.34 Å². The highest BCUT2D eigenvalue weighted by Crippen LogP contribution is 2.32. The van der Waals surface area contributed by atoms with E-state index >= 15 is 0 Å². The molecule has 10 heteroatoms. The molecule has 27 heavy (non-hydrogen) atoms. The molecule has 1 aliphatic rings. The lowest BCUT2D eigenvalue weighted by Gasteiger charge is -2.15. The monoisotopic (exact) mass is 424 g/mol. The Morgan fingerprint density at radius 1 is 1.33 bits per heavy atom. The number of sulfonamides is 1. The minimum atomic E-state index is -3.45. The van der Waals surface area contributed by atoms with E-state index in [2.05, 4.69) is 15.1 Å². The zero-order valence-electron chi connectivity index (χ0n) is 14.3. The van der Waals surface area contributed by atoms with Crippen molar-refractivity contribution in [1.82, 2.24) is 19.4 Å². The topological polar surface area (TPSA) is 89.2 Å². The van der Waals surface area contributed by atoms with Crippen LogP contribution in [0.15, 0.2) is 45.4 Å². The lowest BCUT2D eigenvalue weighted by Crippen LogP contribution is -2.28. The summed E-state index contributed by atoms with van der Waals surface area (Å²) in [5, 5.41) is 4.01. The van der Waals surface area contributed by atoms with E-state index in [1.54, 1.807) is 24.5 Å². The van der Waals surface area contributed by atoms with Crippen molar-refractivity contribution in [2.24, 2.45) is 5.92 Å². The summed E-state index contributed by atoms with van der Waals surface area (Å²) in [5.41, 5.74) is 0.781. The number of thiophene rings is 1. The van der Waals surface area contributed by atoms with E-state index in [9.17, 15) is 8.42 Å². The summed E-state index contributed by atoms with van der Waals surface area (Å²) in [5.74, 6) is 1.35. The molecule has 0 aromatic carbocycles. The van der Waals surface area contributed by atoms with Gasteiger partial charge in [-0.25, -0.2) is 8.42 Å². The number of rotatable bonds is 6. The van der Waals surface area contributed by atoms with Crippen molar-refractivity contribution in [3.8, 4) is 11.5 Å². The van der Waals surface area contributed by atoms with Crippen LogP contribution in [0.4, 0.5) is 0 Å². The molecule has 0 amide bonds. The first kappa shape index (κ1) is 18.5. The van der Waals surface area contributed by atoms with Gasteiger partial charge in [0.15, 0.2) is 5.82 Å². The van der Waals surface area contributed by atoms with Gasteiger partial charge in [-0.3, -0.25) is 4.98 Å². The summed E-state index contributed by atoms with van der Waals surface area (Å²) < 4.78 is 32.9. The van der Waals surface area contributed by atoms with Crippen LogP contribution < -0.4 is 0 Å². The SMILES string of the molecule is O=S(=O)(c1ccc(Cl)s1)N1CCC(CCc2noc(-c3cccnc3)n2)C1. The number of nitrogens with zero attached hydrogens (tertiary/aromatic N) is 4. The minimum absolute atomic E-state index is 0.274. The predicted octanol–water partition coefficient (Wildman–Crippen LogP) is 3.49. The van der Waals surface area contributed by atoms with Crippen LogP contribution >= 0.6 is 22.9 Å². The molecule has 0 spiro atoms. The molecule has 1 saturated heterocycles. The van der Waals surface area contributed by atoms with E-state index in [1.165, 1.54) is 4.31 Å². The Hall–Kier alpha value is -1.81. The van der Waals surface area contributed by atoms with Gasteiger partial charge in [-0.15, -0.1) is 11.3 Å². The third-order valence-electron chi connectivity index (χ3n) is 4.54. The predicted molar refractivity (Wildman–Crippen MR) is 102 cm³/mol. The van der Waals surface area contributed by atoms with Crippen molar-refractivity contribution >= 4 is 33.0 Å². The fourth-order valence-electron chi connectivity index (χ4n) is 3.11. The Bertz CT molecular complexity index is 1020. The molecule has 0 saturated carbocycles. The Labute approximate surface area is 166 Å². The molecule has 1 unspecified atom stereocenters. The van der Waals surface area contributed by atoms with Crippen LogP contribution in [0.1, 0.15) is 18.7 Å². The summed E-state index contributed by atoms with van der Waals surface area (Å²) in [6.07, 6.45) is 5.64. The maximum Gasteiger partial charge on any atom is 0.259 e. The first-order valence-electron chi connectivity index (χ1n) is 8.51. The van der Waals surface area contributed by atoms with Gasteiger partial charge < -0.3 is 4.52 Å². The molecule has 7 nitrogen and oxygen atoms in total. The van der Waals surface area contributed by atoms with Crippen molar-refractivity contribution in [3.05, 3.63) is 46.8 Å². The van der Waals surface area contributed by atoms with E-state index in [0.717, 1.165) is 29.7 Å². The van der Waals surface area contributed by atoms with Crippen molar-refractivity contribution in [2.45, 2.75) is 23.5 Å². The molecule has 0 bridgehead atoms.